The summed E-state index contributed by atoms with van der Waals surface area (Å²) < 4.78 is 0. The molecular weight excluding hydrogens is 414 g/mol. The summed E-state index contributed by atoms with van der Waals surface area (Å²) in [5, 5.41) is 19.9. The van der Waals surface area contributed by atoms with Crippen molar-refractivity contribution in [2.75, 3.05) is 20.7 Å². The van der Waals surface area contributed by atoms with Crippen molar-refractivity contribution in [3.05, 3.63) is 59.7 Å². The van der Waals surface area contributed by atoms with Crippen molar-refractivity contribution < 1.29 is 14.7 Å². The molecule has 0 spiro atoms. The van der Waals surface area contributed by atoms with Gasteiger partial charge in [-0.25, -0.2) is 0 Å². The lowest BCUT2D eigenvalue weighted by atomic mass is 9.74. The van der Waals surface area contributed by atoms with E-state index in [1.165, 1.54) is 0 Å². The molecule has 1 heterocycles. The van der Waals surface area contributed by atoms with Gasteiger partial charge in [-0.15, -0.1) is 0 Å². The van der Waals surface area contributed by atoms with Crippen molar-refractivity contribution in [1.82, 2.24) is 9.80 Å². The molecule has 172 valence electrons. The van der Waals surface area contributed by atoms with Gasteiger partial charge in [-0.05, 0) is 41.7 Å². The van der Waals surface area contributed by atoms with Gasteiger partial charge in [-0.2, -0.15) is 5.26 Å². The second kappa shape index (κ2) is 9.76. The van der Waals surface area contributed by atoms with Crippen LogP contribution in [0.15, 0.2) is 48.5 Å². The number of hydrogen-bond donors (Lipinski definition) is 1. The van der Waals surface area contributed by atoms with Crippen LogP contribution >= 0.6 is 0 Å². The molecule has 2 aromatic rings. The summed E-state index contributed by atoms with van der Waals surface area (Å²) in [5.74, 6) is -0.253. The molecule has 2 aliphatic rings. The normalized spacial score (nSPS) is 22.8. The standard InChI is InChI=1S/C27H31N3O3/c1-29(2)26(32)22-10-6-9-21(15-22)18-11-13-19(14-12-18)25-23(16-28)30(24(25)17-31)27(33)20-7-4-3-5-8-20/h6,9-15,20,23-25,31H,3-5,7-8,17H2,1-2H3/t23-,24+,25-/m1/s1. The minimum Gasteiger partial charge on any atom is -0.394 e. The number of aliphatic hydroxyl groups is 1. The molecule has 4 rings (SSSR count). The first-order valence-corrected chi connectivity index (χ1v) is 11.7. The zero-order valence-electron chi connectivity index (χ0n) is 19.3. The maximum absolute atomic E-state index is 13.1. The number of benzene rings is 2. The van der Waals surface area contributed by atoms with Crippen LogP contribution in [0.25, 0.3) is 11.1 Å². The summed E-state index contributed by atoms with van der Waals surface area (Å²) in [5.41, 5.74) is 3.48. The van der Waals surface area contributed by atoms with Gasteiger partial charge in [0.05, 0.1) is 18.7 Å². The van der Waals surface area contributed by atoms with E-state index >= 15 is 0 Å². The SMILES string of the molecule is CN(C)C(=O)c1cccc(-c2ccc([C@@H]3[C@@H](C#N)N(C(=O)C4CCCCC4)[C@H]3CO)cc2)c1. The Morgan fingerprint density at radius 2 is 1.76 bits per heavy atom. The number of amides is 2. The predicted molar refractivity (Wildman–Crippen MR) is 126 cm³/mol. The van der Waals surface area contributed by atoms with Gasteiger partial charge >= 0.3 is 0 Å². The van der Waals surface area contributed by atoms with E-state index in [4.69, 9.17) is 0 Å². The lowest BCUT2D eigenvalue weighted by molar-refractivity contribution is -0.152. The number of nitrogens with zero attached hydrogens (tertiary/aromatic N) is 3. The minimum atomic E-state index is -0.552. The summed E-state index contributed by atoms with van der Waals surface area (Å²) in [6, 6.07) is 16.8. The third-order valence-corrected chi connectivity index (χ3v) is 7.08. The van der Waals surface area contributed by atoms with E-state index in [2.05, 4.69) is 6.07 Å². The van der Waals surface area contributed by atoms with Crippen LogP contribution in [0, 0.1) is 17.2 Å². The molecule has 1 saturated carbocycles. The van der Waals surface area contributed by atoms with Gasteiger partial charge in [0.2, 0.25) is 5.91 Å². The maximum atomic E-state index is 13.1. The van der Waals surface area contributed by atoms with Crippen LogP contribution in [0.3, 0.4) is 0 Å². The van der Waals surface area contributed by atoms with Crippen molar-refractivity contribution >= 4 is 11.8 Å². The highest BCUT2D eigenvalue weighted by Crippen LogP contribution is 2.43. The lowest BCUT2D eigenvalue weighted by Gasteiger charge is -2.52. The molecule has 2 fully saturated rings. The highest BCUT2D eigenvalue weighted by Gasteiger charge is 2.52. The van der Waals surface area contributed by atoms with Crippen LogP contribution in [0.4, 0.5) is 0 Å². The summed E-state index contributed by atoms with van der Waals surface area (Å²) in [7, 11) is 3.46. The Morgan fingerprint density at radius 3 is 2.36 bits per heavy atom. The highest BCUT2D eigenvalue weighted by molar-refractivity contribution is 5.95. The van der Waals surface area contributed by atoms with Gasteiger partial charge < -0.3 is 14.9 Å². The van der Waals surface area contributed by atoms with Gasteiger partial charge in [0, 0.05) is 31.5 Å². The van der Waals surface area contributed by atoms with E-state index in [0.717, 1.165) is 48.8 Å². The van der Waals surface area contributed by atoms with Crippen molar-refractivity contribution in [1.29, 1.82) is 5.26 Å². The first-order chi connectivity index (χ1) is 16.0. The summed E-state index contributed by atoms with van der Waals surface area (Å²) in [6.07, 6.45) is 5.02. The number of rotatable bonds is 5. The van der Waals surface area contributed by atoms with Crippen LogP contribution < -0.4 is 0 Å². The molecule has 3 atom stereocenters. The minimum absolute atomic E-state index is 0.0237. The molecule has 1 aliphatic carbocycles. The van der Waals surface area contributed by atoms with Gasteiger partial charge in [0.25, 0.3) is 5.91 Å². The van der Waals surface area contributed by atoms with E-state index in [1.54, 1.807) is 30.0 Å². The fraction of sp³-hybridized carbons (Fsp3) is 0.444. The Morgan fingerprint density at radius 1 is 1.06 bits per heavy atom. The molecule has 1 N–H and O–H groups in total. The molecule has 33 heavy (non-hydrogen) atoms. The second-order valence-corrected chi connectivity index (χ2v) is 9.33. The highest BCUT2D eigenvalue weighted by atomic mass is 16.3. The van der Waals surface area contributed by atoms with E-state index in [-0.39, 0.29) is 36.3 Å². The molecule has 6 nitrogen and oxygen atoms in total. The zero-order chi connectivity index (χ0) is 23.5. The molecule has 0 radical (unpaired) electrons. The number of carbonyl (C=O) groups is 2. The third kappa shape index (κ3) is 4.38. The zero-order valence-corrected chi connectivity index (χ0v) is 19.3. The summed E-state index contributed by atoms with van der Waals surface area (Å²) in [6.45, 7) is -0.155. The Bertz CT molecular complexity index is 1050. The van der Waals surface area contributed by atoms with Crippen molar-refractivity contribution in [3.8, 4) is 17.2 Å². The molecule has 0 bridgehead atoms. The third-order valence-electron chi connectivity index (χ3n) is 7.08. The number of nitriles is 1. The largest absolute Gasteiger partial charge is 0.394 e. The molecule has 0 aromatic heterocycles. The van der Waals surface area contributed by atoms with Crippen LogP contribution in [0.5, 0.6) is 0 Å². The van der Waals surface area contributed by atoms with E-state index in [9.17, 15) is 20.0 Å². The summed E-state index contributed by atoms with van der Waals surface area (Å²) in [4.78, 5) is 28.6. The molecule has 6 heteroatoms. The predicted octanol–water partition coefficient (Wildman–Crippen LogP) is 3.81. The first kappa shape index (κ1) is 23.0. The molecule has 0 unspecified atom stereocenters. The average Bonchev–Trinajstić information content (AvgIpc) is 2.84. The fourth-order valence-corrected chi connectivity index (χ4v) is 5.26. The topological polar surface area (TPSA) is 84.6 Å². The van der Waals surface area contributed by atoms with Crippen LogP contribution in [-0.4, -0.2) is 59.5 Å². The first-order valence-electron chi connectivity index (χ1n) is 11.7. The van der Waals surface area contributed by atoms with Crippen LogP contribution in [-0.2, 0) is 4.79 Å². The maximum Gasteiger partial charge on any atom is 0.253 e. The van der Waals surface area contributed by atoms with E-state index in [1.807, 2.05) is 42.5 Å². The van der Waals surface area contributed by atoms with Gasteiger partial charge in [0.15, 0.2) is 0 Å². The Kier molecular flexibility index (Phi) is 6.80. The van der Waals surface area contributed by atoms with Gasteiger partial charge in [-0.3, -0.25) is 9.59 Å². The van der Waals surface area contributed by atoms with Crippen molar-refractivity contribution in [2.24, 2.45) is 5.92 Å². The molecular formula is C27H31N3O3. The number of aliphatic hydroxyl groups excluding tert-OH is 1. The lowest BCUT2D eigenvalue weighted by Crippen LogP contribution is -2.66. The Hall–Kier alpha value is -3.17. The molecule has 2 aromatic carbocycles. The quantitative estimate of drug-likeness (QED) is 0.758. The monoisotopic (exact) mass is 445 g/mol. The van der Waals surface area contributed by atoms with Gasteiger partial charge in [0.1, 0.15) is 6.04 Å². The molecule has 1 saturated heterocycles. The van der Waals surface area contributed by atoms with Crippen molar-refractivity contribution in [3.63, 3.8) is 0 Å². The molecule has 2 amide bonds. The van der Waals surface area contributed by atoms with Crippen molar-refractivity contribution in [2.45, 2.75) is 50.1 Å². The molecule has 1 aliphatic heterocycles. The van der Waals surface area contributed by atoms with Crippen LogP contribution in [0.2, 0.25) is 0 Å². The Labute approximate surface area is 195 Å². The summed E-state index contributed by atoms with van der Waals surface area (Å²) >= 11 is 0. The average molecular weight is 446 g/mol. The Balaban J connectivity index is 1.54. The van der Waals surface area contributed by atoms with E-state index < -0.39 is 6.04 Å². The van der Waals surface area contributed by atoms with Gasteiger partial charge in [-0.1, -0.05) is 55.7 Å². The number of hydrogen-bond acceptors (Lipinski definition) is 4. The number of carbonyl (C=O) groups excluding carboxylic acids is 2. The fourth-order valence-electron chi connectivity index (χ4n) is 5.26. The second-order valence-electron chi connectivity index (χ2n) is 9.33. The smallest absolute Gasteiger partial charge is 0.253 e. The number of likely N-dealkylation sites (tertiary alicyclic amines) is 1. The van der Waals surface area contributed by atoms with E-state index in [0.29, 0.717) is 5.56 Å². The van der Waals surface area contributed by atoms with Crippen LogP contribution in [0.1, 0.15) is 53.9 Å².